The molecule has 1 aliphatic carbocycles. The number of rotatable bonds is 3. The summed E-state index contributed by atoms with van der Waals surface area (Å²) in [5.74, 6) is -0.931. The van der Waals surface area contributed by atoms with Gasteiger partial charge >= 0.3 is 5.97 Å². The summed E-state index contributed by atoms with van der Waals surface area (Å²) in [5, 5.41) is 9.24. The van der Waals surface area contributed by atoms with Crippen LogP contribution in [0.1, 0.15) is 25.0 Å². The molecule has 1 N–H and O–H groups in total. The second-order valence-corrected chi connectivity index (χ2v) is 4.65. The molecule has 2 rings (SSSR count). The summed E-state index contributed by atoms with van der Waals surface area (Å²) >= 11 is 0. The Morgan fingerprint density at radius 2 is 2.00 bits per heavy atom. The molecule has 0 fully saturated rings. The molecule has 0 heterocycles. The predicted octanol–water partition coefficient (Wildman–Crippen LogP) is 2.98. The highest BCUT2D eigenvalue weighted by atomic mass is 16.4. The molecule has 0 amide bonds. The lowest BCUT2D eigenvalue weighted by Crippen LogP contribution is -2.22. The average Bonchev–Trinajstić information content (AvgIpc) is 2.58. The monoisotopic (exact) mass is 216 g/mol. The molecule has 1 aromatic carbocycles. The number of aliphatic carboxylic acids is 1. The van der Waals surface area contributed by atoms with Crippen LogP contribution < -0.4 is 0 Å². The summed E-state index contributed by atoms with van der Waals surface area (Å²) < 4.78 is 0. The Kier molecular flexibility index (Phi) is 2.82. The fraction of sp³-hybridized carbons (Fsp3) is 0.357. The van der Waals surface area contributed by atoms with Gasteiger partial charge < -0.3 is 5.11 Å². The van der Waals surface area contributed by atoms with Gasteiger partial charge in [-0.25, -0.2) is 0 Å². The molecule has 1 aliphatic rings. The molecule has 0 radical (unpaired) electrons. The van der Waals surface area contributed by atoms with E-state index in [1.807, 2.05) is 38.1 Å². The summed E-state index contributed by atoms with van der Waals surface area (Å²) in [6.45, 7) is 3.92. The summed E-state index contributed by atoms with van der Waals surface area (Å²) in [7, 11) is 0. The van der Waals surface area contributed by atoms with Gasteiger partial charge in [-0.2, -0.15) is 0 Å². The van der Waals surface area contributed by atoms with Crippen molar-refractivity contribution in [1.29, 1.82) is 0 Å². The lowest BCUT2D eigenvalue weighted by Gasteiger charge is -2.17. The van der Waals surface area contributed by atoms with Crippen molar-refractivity contribution in [3.05, 3.63) is 41.0 Å². The molecular weight excluding hydrogens is 200 g/mol. The number of carboxylic acids is 1. The van der Waals surface area contributed by atoms with Crippen molar-refractivity contribution in [1.82, 2.24) is 0 Å². The minimum absolute atomic E-state index is 0.137. The first kappa shape index (κ1) is 10.9. The molecule has 2 heteroatoms. The van der Waals surface area contributed by atoms with E-state index in [2.05, 4.69) is 6.07 Å². The van der Waals surface area contributed by atoms with Crippen LogP contribution in [0.2, 0.25) is 0 Å². The van der Waals surface area contributed by atoms with E-state index in [0.29, 0.717) is 0 Å². The fourth-order valence-corrected chi connectivity index (χ4v) is 2.38. The van der Waals surface area contributed by atoms with Crippen molar-refractivity contribution < 1.29 is 9.90 Å². The first-order valence-electron chi connectivity index (χ1n) is 5.60. The van der Waals surface area contributed by atoms with Gasteiger partial charge in [0.05, 0.1) is 5.92 Å². The van der Waals surface area contributed by atoms with Crippen LogP contribution in [-0.2, 0) is 11.2 Å². The van der Waals surface area contributed by atoms with E-state index in [9.17, 15) is 9.90 Å². The third-order valence-corrected chi connectivity index (χ3v) is 3.12. The van der Waals surface area contributed by atoms with Crippen LogP contribution >= 0.6 is 0 Å². The molecule has 0 saturated heterocycles. The van der Waals surface area contributed by atoms with Gasteiger partial charge in [-0.15, -0.1) is 0 Å². The number of hydrogen-bond donors (Lipinski definition) is 1. The Balaban J connectivity index is 2.30. The topological polar surface area (TPSA) is 37.3 Å². The highest BCUT2D eigenvalue weighted by Crippen LogP contribution is 2.32. The molecule has 0 aromatic heterocycles. The number of carboxylic acid groups (broad SMARTS) is 1. The zero-order valence-corrected chi connectivity index (χ0v) is 9.60. The summed E-state index contributed by atoms with van der Waals surface area (Å²) in [5.41, 5.74) is 3.44. The summed E-state index contributed by atoms with van der Waals surface area (Å²) in [6.07, 6.45) is 2.82. The smallest absolute Gasteiger partial charge is 0.310 e. The van der Waals surface area contributed by atoms with Crippen molar-refractivity contribution >= 4 is 12.0 Å². The van der Waals surface area contributed by atoms with Gasteiger partial charge in [0.15, 0.2) is 0 Å². The Morgan fingerprint density at radius 3 is 2.56 bits per heavy atom. The minimum atomic E-state index is -0.714. The molecule has 0 bridgehead atoms. The number of hydrogen-bond acceptors (Lipinski definition) is 1. The van der Waals surface area contributed by atoms with Gasteiger partial charge in [-0.05, 0) is 23.5 Å². The standard InChI is InChI=1S/C14H16O2/c1-9(2)13(14(15)16)12-7-10-5-3-4-6-11(10)8-12/h3-7,9,13H,8H2,1-2H3,(H,15,16). The second-order valence-electron chi connectivity index (χ2n) is 4.65. The highest BCUT2D eigenvalue weighted by Gasteiger charge is 2.28. The quantitative estimate of drug-likeness (QED) is 0.843. The predicted molar refractivity (Wildman–Crippen MR) is 64.1 cm³/mol. The molecule has 2 nitrogen and oxygen atoms in total. The molecule has 84 valence electrons. The third kappa shape index (κ3) is 1.87. The average molecular weight is 216 g/mol. The molecule has 0 saturated carbocycles. The van der Waals surface area contributed by atoms with Crippen molar-refractivity contribution in [2.24, 2.45) is 11.8 Å². The molecule has 1 unspecified atom stereocenters. The summed E-state index contributed by atoms with van der Waals surface area (Å²) in [6, 6.07) is 8.10. The first-order chi connectivity index (χ1) is 7.59. The summed E-state index contributed by atoms with van der Waals surface area (Å²) in [4.78, 5) is 11.2. The molecule has 1 atom stereocenters. The van der Waals surface area contributed by atoms with Crippen molar-refractivity contribution in [2.75, 3.05) is 0 Å². The zero-order valence-electron chi connectivity index (χ0n) is 9.60. The molecule has 16 heavy (non-hydrogen) atoms. The van der Waals surface area contributed by atoms with E-state index >= 15 is 0 Å². The maximum atomic E-state index is 11.2. The number of benzene rings is 1. The maximum Gasteiger partial charge on any atom is 0.310 e. The Morgan fingerprint density at radius 1 is 1.31 bits per heavy atom. The second kappa shape index (κ2) is 4.12. The Hall–Kier alpha value is -1.57. The molecule has 0 spiro atoms. The Labute approximate surface area is 95.6 Å². The van der Waals surface area contributed by atoms with E-state index in [-0.39, 0.29) is 11.8 Å². The first-order valence-corrected chi connectivity index (χ1v) is 5.60. The van der Waals surface area contributed by atoms with Gasteiger partial charge in [0.1, 0.15) is 0 Å². The minimum Gasteiger partial charge on any atom is -0.481 e. The van der Waals surface area contributed by atoms with Gasteiger partial charge in [0.25, 0.3) is 0 Å². The molecule has 1 aromatic rings. The third-order valence-electron chi connectivity index (χ3n) is 3.12. The van der Waals surface area contributed by atoms with E-state index < -0.39 is 5.97 Å². The van der Waals surface area contributed by atoms with Crippen LogP contribution in [0.25, 0.3) is 6.08 Å². The van der Waals surface area contributed by atoms with Crippen LogP contribution in [0.15, 0.2) is 29.8 Å². The molecule has 0 aliphatic heterocycles. The van der Waals surface area contributed by atoms with Crippen LogP contribution in [0.3, 0.4) is 0 Å². The number of carbonyl (C=O) groups is 1. The van der Waals surface area contributed by atoms with E-state index in [1.54, 1.807) is 0 Å². The van der Waals surface area contributed by atoms with Crippen molar-refractivity contribution in [3.63, 3.8) is 0 Å². The van der Waals surface area contributed by atoms with Crippen molar-refractivity contribution in [3.8, 4) is 0 Å². The molecular formula is C14H16O2. The maximum absolute atomic E-state index is 11.2. The van der Waals surface area contributed by atoms with Gasteiger partial charge in [-0.1, -0.05) is 49.8 Å². The highest BCUT2D eigenvalue weighted by molar-refractivity contribution is 5.78. The van der Waals surface area contributed by atoms with Gasteiger partial charge in [-0.3, -0.25) is 4.79 Å². The Bertz CT molecular complexity index is 444. The van der Waals surface area contributed by atoms with E-state index in [4.69, 9.17) is 0 Å². The van der Waals surface area contributed by atoms with E-state index in [0.717, 1.165) is 12.0 Å². The van der Waals surface area contributed by atoms with E-state index in [1.165, 1.54) is 11.1 Å². The number of fused-ring (bicyclic) bond motifs is 1. The zero-order chi connectivity index (χ0) is 11.7. The van der Waals surface area contributed by atoms with Gasteiger partial charge in [0, 0.05) is 0 Å². The van der Waals surface area contributed by atoms with Crippen LogP contribution in [0.4, 0.5) is 0 Å². The lowest BCUT2D eigenvalue weighted by atomic mass is 9.87. The lowest BCUT2D eigenvalue weighted by molar-refractivity contribution is -0.141. The van der Waals surface area contributed by atoms with Crippen LogP contribution in [-0.4, -0.2) is 11.1 Å². The van der Waals surface area contributed by atoms with Gasteiger partial charge in [0.2, 0.25) is 0 Å². The SMILES string of the molecule is CC(C)C(C(=O)O)C1=Cc2ccccc2C1. The normalized spacial score (nSPS) is 15.8. The fourth-order valence-electron chi connectivity index (χ4n) is 2.38. The van der Waals surface area contributed by atoms with Crippen molar-refractivity contribution in [2.45, 2.75) is 20.3 Å². The van der Waals surface area contributed by atoms with Crippen LogP contribution in [0, 0.1) is 11.8 Å². The largest absolute Gasteiger partial charge is 0.481 e. The van der Waals surface area contributed by atoms with Crippen LogP contribution in [0.5, 0.6) is 0 Å².